The summed E-state index contributed by atoms with van der Waals surface area (Å²) in [6.45, 7) is 2.37. The average molecular weight is 372 g/mol. The van der Waals surface area contributed by atoms with Crippen LogP contribution in [-0.2, 0) is 19.9 Å². The summed E-state index contributed by atoms with van der Waals surface area (Å²) in [5, 5.41) is 4.32. The van der Waals surface area contributed by atoms with Gasteiger partial charge in [-0.05, 0) is 50.7 Å². The third-order valence-corrected chi connectivity index (χ3v) is 6.00. The Labute approximate surface area is 159 Å². The number of esters is 1. The Morgan fingerprint density at radius 2 is 2.15 bits per heavy atom. The molecule has 0 bridgehead atoms. The monoisotopic (exact) mass is 372 g/mol. The molecule has 2 aromatic rings. The number of nitrogens with zero attached hydrogens (tertiary/aromatic N) is 3. The van der Waals surface area contributed by atoms with Crippen LogP contribution in [0.3, 0.4) is 0 Å². The lowest BCUT2D eigenvalue weighted by molar-refractivity contribution is -0.151. The summed E-state index contributed by atoms with van der Waals surface area (Å²) in [5.74, 6) is 0.858. The highest BCUT2D eigenvalue weighted by molar-refractivity contribution is 5.69. The van der Waals surface area contributed by atoms with Gasteiger partial charge in [-0.2, -0.15) is 5.10 Å². The second-order valence-electron chi connectivity index (χ2n) is 8.06. The van der Waals surface area contributed by atoms with Gasteiger partial charge in [-0.25, -0.2) is 9.50 Å². The van der Waals surface area contributed by atoms with E-state index in [2.05, 4.69) is 17.0 Å². The smallest absolute Gasteiger partial charge is 0.306 e. The van der Waals surface area contributed by atoms with E-state index in [4.69, 9.17) is 15.2 Å². The number of anilines is 1. The first-order chi connectivity index (χ1) is 13.0. The van der Waals surface area contributed by atoms with E-state index >= 15 is 0 Å². The zero-order valence-corrected chi connectivity index (χ0v) is 15.9. The molecule has 0 unspecified atom stereocenters. The zero-order chi connectivity index (χ0) is 18.9. The van der Waals surface area contributed by atoms with Crippen LogP contribution in [0.25, 0.3) is 5.52 Å². The fraction of sp³-hybridized carbons (Fsp3) is 0.650. The van der Waals surface area contributed by atoms with E-state index in [1.54, 1.807) is 4.52 Å². The molecule has 7 nitrogen and oxygen atoms in total. The SMILES string of the molecule is C[C@]1(c2ccc3c(N)ncnn23)CC[C@@H](COC(=O)CC2CCCCC2)O1. The number of nitrogens with two attached hydrogens (primary N) is 1. The lowest BCUT2D eigenvalue weighted by Crippen LogP contribution is -2.27. The summed E-state index contributed by atoms with van der Waals surface area (Å²) in [6, 6.07) is 3.90. The van der Waals surface area contributed by atoms with Gasteiger partial charge in [0.25, 0.3) is 0 Å². The Morgan fingerprint density at radius 3 is 2.96 bits per heavy atom. The van der Waals surface area contributed by atoms with Crippen molar-refractivity contribution < 1.29 is 14.3 Å². The van der Waals surface area contributed by atoms with Crippen LogP contribution in [0.15, 0.2) is 18.5 Å². The second-order valence-corrected chi connectivity index (χ2v) is 8.06. The Kier molecular flexibility index (Phi) is 5.04. The van der Waals surface area contributed by atoms with Crippen molar-refractivity contribution >= 4 is 17.3 Å². The van der Waals surface area contributed by atoms with E-state index in [-0.39, 0.29) is 12.1 Å². The van der Waals surface area contributed by atoms with Crippen LogP contribution in [0.1, 0.15) is 64.0 Å². The van der Waals surface area contributed by atoms with Crippen molar-refractivity contribution in [2.75, 3.05) is 12.3 Å². The number of carbonyl (C=O) groups excluding carboxylic acids is 1. The van der Waals surface area contributed by atoms with Gasteiger partial charge in [0, 0.05) is 6.42 Å². The maximum atomic E-state index is 12.2. The molecule has 0 radical (unpaired) electrons. The quantitative estimate of drug-likeness (QED) is 0.810. The molecule has 1 aliphatic carbocycles. The predicted octanol–water partition coefficient (Wildman–Crippen LogP) is 3.22. The van der Waals surface area contributed by atoms with Gasteiger partial charge >= 0.3 is 5.97 Å². The molecule has 3 heterocycles. The van der Waals surface area contributed by atoms with Gasteiger partial charge < -0.3 is 15.2 Å². The van der Waals surface area contributed by atoms with Crippen LogP contribution in [-0.4, -0.2) is 33.3 Å². The fourth-order valence-corrected chi connectivity index (χ4v) is 4.45. The van der Waals surface area contributed by atoms with E-state index < -0.39 is 5.60 Å². The minimum absolute atomic E-state index is 0.0879. The van der Waals surface area contributed by atoms with E-state index in [9.17, 15) is 4.79 Å². The van der Waals surface area contributed by atoms with Crippen molar-refractivity contribution in [3.05, 3.63) is 24.2 Å². The molecule has 0 aromatic carbocycles. The fourth-order valence-electron chi connectivity index (χ4n) is 4.45. The lowest BCUT2D eigenvalue weighted by atomic mass is 9.87. The molecule has 2 N–H and O–H groups in total. The summed E-state index contributed by atoms with van der Waals surface area (Å²) in [6.07, 6.45) is 9.68. The second kappa shape index (κ2) is 7.46. The van der Waals surface area contributed by atoms with Crippen LogP contribution in [0, 0.1) is 5.92 Å². The molecule has 1 aliphatic heterocycles. The van der Waals surface area contributed by atoms with Crippen LogP contribution in [0.2, 0.25) is 0 Å². The normalized spacial score (nSPS) is 26.5. The average Bonchev–Trinajstić information content (AvgIpc) is 3.26. The molecule has 1 saturated carbocycles. The van der Waals surface area contributed by atoms with Gasteiger partial charge in [0.15, 0.2) is 5.82 Å². The molecule has 27 heavy (non-hydrogen) atoms. The molecule has 4 rings (SSSR count). The Balaban J connectivity index is 1.35. The highest BCUT2D eigenvalue weighted by Gasteiger charge is 2.40. The van der Waals surface area contributed by atoms with Crippen LogP contribution >= 0.6 is 0 Å². The zero-order valence-electron chi connectivity index (χ0n) is 15.9. The van der Waals surface area contributed by atoms with E-state index in [0.717, 1.165) is 36.9 Å². The maximum absolute atomic E-state index is 12.2. The summed E-state index contributed by atoms with van der Waals surface area (Å²) < 4.78 is 13.6. The molecular formula is C20H28N4O3. The molecule has 0 spiro atoms. The van der Waals surface area contributed by atoms with Crippen molar-refractivity contribution in [2.45, 2.75) is 70.0 Å². The molecule has 2 aliphatic rings. The number of nitrogen functional groups attached to an aromatic ring is 1. The maximum Gasteiger partial charge on any atom is 0.306 e. The highest BCUT2D eigenvalue weighted by Crippen LogP contribution is 2.39. The standard InChI is InChI=1S/C20H28N4O3/c1-20(17-8-7-16-19(21)22-13-23-24(16)17)10-9-15(27-20)12-26-18(25)11-14-5-3-2-4-6-14/h7-8,13-15H,2-6,9-12H2,1H3,(H2,21,22,23)/t15-,20+/m0/s1. The number of fused-ring (bicyclic) bond motifs is 1. The third kappa shape index (κ3) is 3.78. The van der Waals surface area contributed by atoms with Crippen LogP contribution in [0.5, 0.6) is 0 Å². The van der Waals surface area contributed by atoms with Gasteiger partial charge in [-0.15, -0.1) is 0 Å². The molecule has 2 atom stereocenters. The Bertz CT molecular complexity index is 815. The summed E-state index contributed by atoms with van der Waals surface area (Å²) in [5.41, 5.74) is 7.17. The molecule has 2 fully saturated rings. The highest BCUT2D eigenvalue weighted by atomic mass is 16.6. The van der Waals surface area contributed by atoms with Crippen molar-refractivity contribution in [3.63, 3.8) is 0 Å². The van der Waals surface area contributed by atoms with Gasteiger partial charge in [0.1, 0.15) is 24.1 Å². The molecular weight excluding hydrogens is 344 g/mol. The first-order valence-corrected chi connectivity index (χ1v) is 9.97. The van der Waals surface area contributed by atoms with Crippen molar-refractivity contribution in [1.82, 2.24) is 14.6 Å². The molecule has 0 amide bonds. The number of carbonyl (C=O) groups is 1. The van der Waals surface area contributed by atoms with E-state index in [0.29, 0.717) is 24.8 Å². The van der Waals surface area contributed by atoms with E-state index in [1.165, 1.54) is 25.6 Å². The van der Waals surface area contributed by atoms with E-state index in [1.807, 2.05) is 12.1 Å². The minimum Gasteiger partial charge on any atom is -0.463 e. The third-order valence-electron chi connectivity index (χ3n) is 6.00. The number of hydrogen-bond donors (Lipinski definition) is 1. The summed E-state index contributed by atoms with van der Waals surface area (Å²) in [4.78, 5) is 16.2. The predicted molar refractivity (Wildman–Crippen MR) is 101 cm³/mol. The number of aromatic nitrogens is 3. The summed E-state index contributed by atoms with van der Waals surface area (Å²) in [7, 11) is 0. The summed E-state index contributed by atoms with van der Waals surface area (Å²) >= 11 is 0. The number of ether oxygens (including phenoxy) is 2. The molecule has 146 valence electrons. The largest absolute Gasteiger partial charge is 0.463 e. The van der Waals surface area contributed by atoms with Crippen LogP contribution < -0.4 is 5.73 Å². The Hall–Kier alpha value is -2.15. The van der Waals surface area contributed by atoms with Gasteiger partial charge in [0.05, 0.1) is 11.8 Å². The van der Waals surface area contributed by atoms with Crippen molar-refractivity contribution in [2.24, 2.45) is 5.92 Å². The molecule has 2 aromatic heterocycles. The van der Waals surface area contributed by atoms with Gasteiger partial charge in [-0.1, -0.05) is 19.3 Å². The lowest BCUT2D eigenvalue weighted by Gasteiger charge is -2.25. The molecule has 1 saturated heterocycles. The first kappa shape index (κ1) is 18.2. The number of rotatable bonds is 5. The Morgan fingerprint density at radius 1 is 1.33 bits per heavy atom. The van der Waals surface area contributed by atoms with Gasteiger partial charge in [0.2, 0.25) is 0 Å². The van der Waals surface area contributed by atoms with Gasteiger partial charge in [-0.3, -0.25) is 4.79 Å². The van der Waals surface area contributed by atoms with Crippen molar-refractivity contribution in [1.29, 1.82) is 0 Å². The number of hydrogen-bond acceptors (Lipinski definition) is 6. The van der Waals surface area contributed by atoms with Crippen molar-refractivity contribution in [3.8, 4) is 0 Å². The van der Waals surface area contributed by atoms with Crippen LogP contribution in [0.4, 0.5) is 5.82 Å². The molecule has 7 heteroatoms. The first-order valence-electron chi connectivity index (χ1n) is 9.97. The topological polar surface area (TPSA) is 91.7 Å². The minimum atomic E-state index is -0.479.